The van der Waals surface area contributed by atoms with Gasteiger partial charge in [-0.25, -0.2) is 0 Å². The minimum Gasteiger partial charge on any atom is -0.491 e. The molecule has 9 heteroatoms. The van der Waals surface area contributed by atoms with Crippen molar-refractivity contribution < 1.29 is 38.8 Å². The molecule has 1 fully saturated rings. The number of carbonyl (C=O) groups is 3. The van der Waals surface area contributed by atoms with E-state index in [1.807, 2.05) is 36.4 Å². The minimum absolute atomic E-state index is 0.0198. The lowest BCUT2D eigenvalue weighted by Gasteiger charge is -2.22. The van der Waals surface area contributed by atoms with E-state index in [2.05, 4.69) is 5.32 Å². The Morgan fingerprint density at radius 2 is 1.60 bits per heavy atom. The molecular weight excluding hydrogens is 550 g/mol. The molecule has 0 radical (unpaired) electrons. The van der Waals surface area contributed by atoms with Gasteiger partial charge in [0.1, 0.15) is 30.0 Å². The van der Waals surface area contributed by atoms with Crippen LogP contribution in [0.25, 0.3) is 0 Å². The van der Waals surface area contributed by atoms with Crippen molar-refractivity contribution in [1.29, 1.82) is 0 Å². The van der Waals surface area contributed by atoms with E-state index < -0.39 is 24.2 Å². The summed E-state index contributed by atoms with van der Waals surface area (Å²) in [5.74, 6) is -0.149. The molecule has 4 atom stereocenters. The molecule has 4 rings (SSSR count). The van der Waals surface area contributed by atoms with Crippen molar-refractivity contribution >= 4 is 23.3 Å². The molecule has 0 aromatic heterocycles. The van der Waals surface area contributed by atoms with Gasteiger partial charge in [0.15, 0.2) is 0 Å². The highest BCUT2D eigenvalue weighted by Crippen LogP contribution is 2.29. The maximum absolute atomic E-state index is 12.4. The van der Waals surface area contributed by atoms with E-state index in [9.17, 15) is 24.6 Å². The van der Waals surface area contributed by atoms with Crippen LogP contribution >= 0.6 is 0 Å². The Hall–Kier alpha value is -4.31. The van der Waals surface area contributed by atoms with Crippen LogP contribution in [-0.4, -0.2) is 59.4 Å². The second-order valence-electron chi connectivity index (χ2n) is 10.3. The lowest BCUT2D eigenvalue weighted by atomic mass is 9.99. The smallest absolute Gasteiger partial charge is 0.311 e. The van der Waals surface area contributed by atoms with Gasteiger partial charge in [0, 0.05) is 30.0 Å². The molecule has 1 saturated carbocycles. The van der Waals surface area contributed by atoms with E-state index >= 15 is 0 Å². The number of aliphatic hydroxyl groups excluding tert-OH is 2. The normalized spacial score (nSPS) is 18.8. The number of carbonyl (C=O) groups excluding carboxylic acids is 3. The van der Waals surface area contributed by atoms with Crippen LogP contribution in [0.15, 0.2) is 97.1 Å². The number of unbranched alkanes of at least 4 members (excludes halogenated alkanes) is 1. The number of hydrogen-bond acceptors (Lipinski definition) is 8. The van der Waals surface area contributed by atoms with Crippen molar-refractivity contribution in [2.24, 2.45) is 5.92 Å². The number of allylic oxidation sites excluding steroid dienone is 2. The summed E-state index contributed by atoms with van der Waals surface area (Å²) in [5.41, 5.74) is 1.14. The number of ether oxygens (including phenoxy) is 3. The Balaban J connectivity index is 1.12. The van der Waals surface area contributed by atoms with Gasteiger partial charge >= 0.3 is 5.97 Å². The number of benzene rings is 3. The fraction of sp³-hybridized carbons (Fsp3) is 0.324. The predicted molar refractivity (Wildman–Crippen MR) is 161 cm³/mol. The van der Waals surface area contributed by atoms with Gasteiger partial charge < -0.3 is 29.7 Å². The summed E-state index contributed by atoms with van der Waals surface area (Å²) in [5, 5.41) is 23.3. The number of ketones is 1. The first-order chi connectivity index (χ1) is 20.9. The fourth-order valence-electron chi connectivity index (χ4n) is 4.70. The van der Waals surface area contributed by atoms with Crippen molar-refractivity contribution in [3.05, 3.63) is 103 Å². The minimum atomic E-state index is -0.919. The largest absolute Gasteiger partial charge is 0.491 e. The Kier molecular flexibility index (Phi) is 12.0. The maximum Gasteiger partial charge on any atom is 0.311 e. The highest BCUT2D eigenvalue weighted by Gasteiger charge is 2.41. The molecule has 0 saturated heterocycles. The molecule has 0 bridgehead atoms. The topological polar surface area (TPSA) is 131 Å². The summed E-state index contributed by atoms with van der Waals surface area (Å²) < 4.78 is 16.6. The maximum atomic E-state index is 12.4. The van der Waals surface area contributed by atoms with E-state index in [1.165, 1.54) is 0 Å². The number of para-hydroxylation sites is 1. The molecule has 3 N–H and O–H groups in total. The van der Waals surface area contributed by atoms with Gasteiger partial charge in [0.25, 0.3) is 5.91 Å². The predicted octanol–water partition coefficient (Wildman–Crippen LogP) is 4.74. The van der Waals surface area contributed by atoms with E-state index in [1.54, 1.807) is 60.7 Å². The first kappa shape index (κ1) is 31.6. The van der Waals surface area contributed by atoms with Crippen molar-refractivity contribution in [3.63, 3.8) is 0 Å². The van der Waals surface area contributed by atoms with Gasteiger partial charge in [0.05, 0.1) is 18.8 Å². The number of anilines is 1. The zero-order valence-corrected chi connectivity index (χ0v) is 23.8. The van der Waals surface area contributed by atoms with Crippen LogP contribution in [0.5, 0.6) is 11.5 Å². The van der Waals surface area contributed by atoms with Crippen LogP contribution in [0.2, 0.25) is 0 Å². The van der Waals surface area contributed by atoms with E-state index in [0.717, 1.165) is 0 Å². The summed E-state index contributed by atoms with van der Waals surface area (Å²) in [4.78, 5) is 36.9. The number of amides is 1. The van der Waals surface area contributed by atoms with Gasteiger partial charge in [-0.05, 0) is 67.8 Å². The van der Waals surface area contributed by atoms with Crippen LogP contribution in [0.3, 0.4) is 0 Å². The van der Waals surface area contributed by atoms with Crippen LogP contribution < -0.4 is 14.8 Å². The lowest BCUT2D eigenvalue weighted by molar-refractivity contribution is -0.134. The summed E-state index contributed by atoms with van der Waals surface area (Å²) in [6.07, 6.45) is 3.05. The third-order valence-electron chi connectivity index (χ3n) is 6.95. The molecule has 4 unspecified atom stereocenters. The van der Waals surface area contributed by atoms with Crippen molar-refractivity contribution in [2.75, 3.05) is 18.5 Å². The molecule has 0 spiro atoms. The number of nitrogens with one attached hydrogen (secondary N) is 1. The summed E-state index contributed by atoms with van der Waals surface area (Å²) in [6.45, 7) is -0.0265. The van der Waals surface area contributed by atoms with Gasteiger partial charge in [-0.3, -0.25) is 14.4 Å². The SMILES string of the molecule is O=C(CCC/C=C/CC1C(=O)CC(O)C1OCC(O)COc1ccccc1)Oc1ccc(NC(=O)c2ccccc2)cc1. The van der Waals surface area contributed by atoms with Crippen molar-refractivity contribution in [1.82, 2.24) is 0 Å². The fourth-order valence-corrected chi connectivity index (χ4v) is 4.70. The first-order valence-electron chi connectivity index (χ1n) is 14.4. The van der Waals surface area contributed by atoms with E-state index in [4.69, 9.17) is 14.2 Å². The highest BCUT2D eigenvalue weighted by molar-refractivity contribution is 6.04. The molecule has 9 nitrogen and oxygen atoms in total. The quantitative estimate of drug-likeness (QED) is 0.101. The first-order valence-corrected chi connectivity index (χ1v) is 14.4. The number of Topliss-reactive ketones (excluding diaryl/α,β-unsaturated/α-hetero) is 1. The monoisotopic (exact) mass is 587 g/mol. The van der Waals surface area contributed by atoms with Crippen LogP contribution in [0.4, 0.5) is 5.69 Å². The Bertz CT molecular complexity index is 1340. The number of aliphatic hydroxyl groups is 2. The number of esters is 1. The molecule has 3 aromatic carbocycles. The van der Waals surface area contributed by atoms with Crippen LogP contribution in [0, 0.1) is 5.92 Å². The highest BCUT2D eigenvalue weighted by atomic mass is 16.5. The molecule has 1 aliphatic rings. The Morgan fingerprint density at radius 3 is 2.33 bits per heavy atom. The number of rotatable bonds is 15. The molecule has 43 heavy (non-hydrogen) atoms. The number of hydrogen-bond donors (Lipinski definition) is 3. The van der Waals surface area contributed by atoms with Gasteiger partial charge in [0.2, 0.25) is 0 Å². The molecule has 0 heterocycles. The second kappa shape index (κ2) is 16.4. The molecule has 1 aliphatic carbocycles. The molecule has 3 aromatic rings. The van der Waals surface area contributed by atoms with Crippen LogP contribution in [-0.2, 0) is 14.3 Å². The van der Waals surface area contributed by atoms with Gasteiger partial charge in [-0.15, -0.1) is 0 Å². The Morgan fingerprint density at radius 1 is 0.907 bits per heavy atom. The second-order valence-corrected chi connectivity index (χ2v) is 10.3. The molecular formula is C34H37NO8. The summed E-state index contributed by atoms with van der Waals surface area (Å²) in [6, 6.07) is 24.6. The average molecular weight is 588 g/mol. The van der Waals surface area contributed by atoms with Crippen LogP contribution in [0.1, 0.15) is 42.5 Å². The van der Waals surface area contributed by atoms with Gasteiger partial charge in [-0.1, -0.05) is 48.6 Å². The summed E-state index contributed by atoms with van der Waals surface area (Å²) in [7, 11) is 0. The third-order valence-corrected chi connectivity index (χ3v) is 6.95. The average Bonchev–Trinajstić information content (AvgIpc) is 3.29. The zero-order valence-electron chi connectivity index (χ0n) is 23.8. The zero-order chi connectivity index (χ0) is 30.4. The standard InChI is InChI=1S/C34H37NO8/c36-26(22-41-27-13-7-4-8-14-27)23-42-33-29(30(37)21-31(33)38)15-9-1-2-10-16-32(39)43-28-19-17-25(18-20-28)35-34(40)24-11-5-3-6-12-24/h1,3-9,11-14,17-20,26,29,31,33,36,38H,2,10,15-16,21-23H2,(H,35,40)/b9-1+. The molecule has 226 valence electrons. The molecule has 1 amide bonds. The van der Waals surface area contributed by atoms with Crippen molar-refractivity contribution in [3.8, 4) is 11.5 Å². The third kappa shape index (κ3) is 10.2. The van der Waals surface area contributed by atoms with Gasteiger partial charge in [-0.2, -0.15) is 0 Å². The summed E-state index contributed by atoms with van der Waals surface area (Å²) >= 11 is 0. The van der Waals surface area contributed by atoms with E-state index in [-0.39, 0.29) is 43.7 Å². The lowest BCUT2D eigenvalue weighted by Crippen LogP contribution is -2.34. The Labute approximate surface area is 251 Å². The molecule has 0 aliphatic heterocycles. The van der Waals surface area contributed by atoms with E-state index in [0.29, 0.717) is 42.0 Å². The van der Waals surface area contributed by atoms with Crippen molar-refractivity contribution in [2.45, 2.75) is 50.4 Å².